The first-order valence-electron chi connectivity index (χ1n) is 7.53. The molecule has 0 spiro atoms. The highest BCUT2D eigenvalue weighted by Crippen LogP contribution is 2.21. The maximum absolute atomic E-state index is 12.1. The number of nitrogens with two attached hydrogens (primary N) is 1. The number of hydrogen-bond donors (Lipinski definition) is 1. The molecule has 0 bridgehead atoms. The maximum Gasteiger partial charge on any atom is 0.241 e. The number of likely N-dealkylation sites (N-methyl/N-ethyl adjacent to an activating group) is 1. The van der Waals surface area contributed by atoms with Crippen molar-refractivity contribution in [3.63, 3.8) is 0 Å². The fourth-order valence-corrected chi connectivity index (χ4v) is 3.30. The van der Waals surface area contributed by atoms with Gasteiger partial charge in [0.1, 0.15) is 17.6 Å². The fraction of sp³-hybridized carbons (Fsp3) is 0.571. The first kappa shape index (κ1) is 19.9. The third-order valence-corrected chi connectivity index (χ3v) is 4.80. The van der Waals surface area contributed by atoms with E-state index >= 15 is 0 Å². The normalized spacial score (nSPS) is 18.4. The Morgan fingerprint density at radius 3 is 2.84 bits per heavy atom. The monoisotopic (exact) mass is 392 g/mol. The second-order valence-corrected chi connectivity index (χ2v) is 7.75. The van der Waals surface area contributed by atoms with E-state index in [2.05, 4.69) is 4.98 Å². The molecule has 0 radical (unpaired) electrons. The number of primary sulfonamides is 1. The van der Waals surface area contributed by atoms with E-state index in [0.29, 0.717) is 26.2 Å². The number of halogens is 1. The number of rotatable bonds is 6. The zero-order valence-corrected chi connectivity index (χ0v) is 15.6. The van der Waals surface area contributed by atoms with Crippen LogP contribution in [0.25, 0.3) is 0 Å². The molecule has 0 aliphatic carbocycles. The summed E-state index contributed by atoms with van der Waals surface area (Å²) in [6.07, 6.45) is -0.307. The smallest absolute Gasteiger partial charge is 0.241 e. The van der Waals surface area contributed by atoms with Gasteiger partial charge in [-0.2, -0.15) is 0 Å². The molecule has 1 atom stereocenters. The van der Waals surface area contributed by atoms with Crippen molar-refractivity contribution in [1.29, 1.82) is 0 Å². The first-order chi connectivity index (χ1) is 11.7. The highest BCUT2D eigenvalue weighted by Gasteiger charge is 2.25. The highest BCUT2D eigenvalue weighted by molar-refractivity contribution is 7.89. The van der Waals surface area contributed by atoms with Gasteiger partial charge in [0.2, 0.25) is 21.8 Å². The molecule has 2 heterocycles. The van der Waals surface area contributed by atoms with Crippen LogP contribution in [0.4, 0.5) is 0 Å². The van der Waals surface area contributed by atoms with Crippen molar-refractivity contribution in [2.75, 3.05) is 46.9 Å². The summed E-state index contributed by atoms with van der Waals surface area (Å²) >= 11 is 5.81. The van der Waals surface area contributed by atoms with Crippen LogP contribution in [0.2, 0.25) is 5.15 Å². The number of carbonyl (C=O) groups excluding carboxylic acids is 1. The molecular formula is C14H21ClN4O5S. The lowest BCUT2D eigenvalue weighted by Gasteiger charge is -2.33. The molecule has 9 nitrogen and oxygen atoms in total. The molecule has 1 aliphatic rings. The van der Waals surface area contributed by atoms with Crippen molar-refractivity contribution in [2.24, 2.45) is 5.14 Å². The number of nitrogens with zero attached hydrogens (tertiary/aromatic N) is 3. The van der Waals surface area contributed by atoms with Gasteiger partial charge in [-0.1, -0.05) is 11.6 Å². The van der Waals surface area contributed by atoms with Crippen molar-refractivity contribution >= 4 is 27.5 Å². The van der Waals surface area contributed by atoms with Gasteiger partial charge < -0.3 is 19.3 Å². The Hall–Kier alpha value is -1.46. The van der Waals surface area contributed by atoms with E-state index in [4.69, 9.17) is 26.2 Å². The number of amides is 1. The van der Waals surface area contributed by atoms with Gasteiger partial charge in [0.25, 0.3) is 0 Å². The van der Waals surface area contributed by atoms with E-state index in [0.717, 1.165) is 0 Å². The summed E-state index contributed by atoms with van der Waals surface area (Å²) < 4.78 is 33.7. The molecule has 1 saturated heterocycles. The van der Waals surface area contributed by atoms with Gasteiger partial charge in [-0.15, -0.1) is 0 Å². The Kier molecular flexibility index (Phi) is 6.58. The van der Waals surface area contributed by atoms with Crippen LogP contribution in [0, 0.1) is 0 Å². The predicted molar refractivity (Wildman–Crippen MR) is 91.0 cm³/mol. The van der Waals surface area contributed by atoms with Gasteiger partial charge in [0.05, 0.1) is 19.7 Å². The van der Waals surface area contributed by atoms with E-state index in [1.54, 1.807) is 4.90 Å². The molecule has 2 N–H and O–H groups in total. The Morgan fingerprint density at radius 1 is 1.52 bits per heavy atom. The number of aromatic nitrogens is 1. The van der Waals surface area contributed by atoms with E-state index < -0.39 is 10.0 Å². The summed E-state index contributed by atoms with van der Waals surface area (Å²) in [5.41, 5.74) is 0. The van der Waals surface area contributed by atoms with Gasteiger partial charge in [-0.3, -0.25) is 4.79 Å². The number of pyridine rings is 1. The third-order valence-electron chi connectivity index (χ3n) is 3.46. The standard InChI is InChI=1S/C14H21ClN4O5S/c1-18(2)8-13(20)19-5-6-23-10(7-19)9-24-12-4-3-11(14(15)17-12)25(16,21)22/h3-4,10H,5-9H2,1-2H3,(H2,16,21,22)/t10-/m0/s1. The van der Waals surface area contributed by atoms with Crippen molar-refractivity contribution in [3.8, 4) is 5.88 Å². The number of ether oxygens (including phenoxy) is 2. The molecule has 2 rings (SSSR count). The second-order valence-electron chi connectivity index (χ2n) is 5.86. The SMILES string of the molecule is CN(C)CC(=O)N1CCO[C@H](COc2ccc(S(N)(=O)=O)c(Cl)n2)C1. The number of hydrogen-bond acceptors (Lipinski definition) is 7. The Bertz CT molecular complexity index is 728. The fourth-order valence-electron chi connectivity index (χ4n) is 2.29. The first-order valence-corrected chi connectivity index (χ1v) is 9.45. The molecule has 1 amide bonds. The van der Waals surface area contributed by atoms with E-state index in [-0.39, 0.29) is 34.5 Å². The van der Waals surface area contributed by atoms with Crippen LogP contribution in [0.15, 0.2) is 17.0 Å². The van der Waals surface area contributed by atoms with Crippen molar-refractivity contribution in [2.45, 2.75) is 11.0 Å². The van der Waals surface area contributed by atoms with E-state index in [9.17, 15) is 13.2 Å². The molecule has 25 heavy (non-hydrogen) atoms. The number of morpholine rings is 1. The molecule has 1 aromatic rings. The zero-order chi connectivity index (χ0) is 18.6. The molecule has 1 fully saturated rings. The quantitative estimate of drug-likeness (QED) is 0.652. The average Bonchev–Trinajstić information content (AvgIpc) is 2.51. The lowest BCUT2D eigenvalue weighted by atomic mass is 10.2. The van der Waals surface area contributed by atoms with Gasteiger partial charge in [0, 0.05) is 12.6 Å². The Labute approximate surface area is 151 Å². The van der Waals surface area contributed by atoms with Gasteiger partial charge in [0.15, 0.2) is 5.15 Å². The lowest BCUT2D eigenvalue weighted by molar-refractivity contribution is -0.140. The van der Waals surface area contributed by atoms with Crippen LogP contribution < -0.4 is 9.88 Å². The number of sulfonamides is 1. The second kappa shape index (κ2) is 8.28. The molecular weight excluding hydrogens is 372 g/mol. The molecule has 0 unspecified atom stereocenters. The average molecular weight is 393 g/mol. The van der Waals surface area contributed by atoms with Crippen LogP contribution in [-0.4, -0.2) is 82.2 Å². The molecule has 1 aliphatic heterocycles. The Balaban J connectivity index is 1.93. The summed E-state index contributed by atoms with van der Waals surface area (Å²) in [5.74, 6) is 0.176. The maximum atomic E-state index is 12.1. The molecule has 140 valence electrons. The minimum absolute atomic E-state index is 0.0250. The van der Waals surface area contributed by atoms with E-state index in [1.807, 2.05) is 19.0 Å². The molecule has 0 aromatic carbocycles. The predicted octanol–water partition coefficient (Wildman–Crippen LogP) is -0.450. The van der Waals surface area contributed by atoms with Gasteiger partial charge in [-0.25, -0.2) is 18.5 Å². The van der Waals surface area contributed by atoms with Crippen LogP contribution in [0.5, 0.6) is 5.88 Å². The third kappa shape index (κ3) is 5.79. The van der Waals surface area contributed by atoms with Crippen molar-refractivity contribution in [1.82, 2.24) is 14.8 Å². The van der Waals surface area contributed by atoms with E-state index in [1.165, 1.54) is 12.1 Å². The summed E-state index contributed by atoms with van der Waals surface area (Å²) in [6.45, 7) is 1.86. The number of carbonyl (C=O) groups is 1. The summed E-state index contributed by atoms with van der Waals surface area (Å²) in [4.78, 5) is 19.2. The minimum Gasteiger partial charge on any atom is -0.475 e. The zero-order valence-electron chi connectivity index (χ0n) is 14.0. The highest BCUT2D eigenvalue weighted by atomic mass is 35.5. The van der Waals surface area contributed by atoms with Gasteiger partial charge in [-0.05, 0) is 20.2 Å². The van der Waals surface area contributed by atoms with Crippen molar-refractivity contribution < 1.29 is 22.7 Å². The van der Waals surface area contributed by atoms with Crippen LogP contribution in [0.1, 0.15) is 0 Å². The molecule has 11 heteroatoms. The molecule has 1 aromatic heterocycles. The van der Waals surface area contributed by atoms with Crippen LogP contribution in [0.3, 0.4) is 0 Å². The Morgan fingerprint density at radius 2 is 2.24 bits per heavy atom. The van der Waals surface area contributed by atoms with Crippen LogP contribution in [-0.2, 0) is 19.6 Å². The summed E-state index contributed by atoms with van der Waals surface area (Å²) in [6, 6.07) is 2.60. The largest absolute Gasteiger partial charge is 0.475 e. The lowest BCUT2D eigenvalue weighted by Crippen LogP contribution is -2.49. The minimum atomic E-state index is -3.94. The van der Waals surface area contributed by atoms with Gasteiger partial charge >= 0.3 is 0 Å². The summed E-state index contributed by atoms with van der Waals surface area (Å²) in [5, 5.41) is 4.77. The molecule has 0 saturated carbocycles. The summed E-state index contributed by atoms with van der Waals surface area (Å²) in [7, 11) is -0.270. The van der Waals surface area contributed by atoms with Crippen LogP contribution >= 0.6 is 11.6 Å². The van der Waals surface area contributed by atoms with Crippen molar-refractivity contribution in [3.05, 3.63) is 17.3 Å². The topological polar surface area (TPSA) is 115 Å².